The quantitative estimate of drug-likeness (QED) is 0.804. The van der Waals surface area contributed by atoms with E-state index in [0.29, 0.717) is 12.2 Å². The number of aromatic nitrogens is 1. The van der Waals surface area contributed by atoms with E-state index in [0.717, 1.165) is 31.1 Å². The van der Waals surface area contributed by atoms with E-state index < -0.39 is 10.0 Å². The van der Waals surface area contributed by atoms with Crippen LogP contribution in [0.5, 0.6) is 0 Å². The van der Waals surface area contributed by atoms with Gasteiger partial charge in [0.2, 0.25) is 10.0 Å². The van der Waals surface area contributed by atoms with E-state index in [4.69, 9.17) is 0 Å². The van der Waals surface area contributed by atoms with Crippen LogP contribution in [-0.4, -0.2) is 32.2 Å². The SMILES string of the molecule is CCCS(=O)(=O)Nc1ccc(N2CCC(Cc3ccccc3)CC2)cn1. The van der Waals surface area contributed by atoms with E-state index in [-0.39, 0.29) is 5.75 Å². The van der Waals surface area contributed by atoms with Crippen molar-refractivity contribution < 1.29 is 8.42 Å². The number of nitrogens with zero attached hydrogens (tertiary/aromatic N) is 2. The Hall–Kier alpha value is -2.08. The highest BCUT2D eigenvalue weighted by Gasteiger charge is 2.20. The summed E-state index contributed by atoms with van der Waals surface area (Å²) in [6.45, 7) is 3.87. The Bertz CT molecular complexity index is 784. The van der Waals surface area contributed by atoms with E-state index in [9.17, 15) is 8.42 Å². The van der Waals surface area contributed by atoms with E-state index in [1.165, 1.54) is 18.4 Å². The molecule has 0 unspecified atom stereocenters. The topological polar surface area (TPSA) is 62.3 Å². The van der Waals surface area contributed by atoms with Crippen molar-refractivity contribution in [3.8, 4) is 0 Å². The number of hydrogen-bond donors (Lipinski definition) is 1. The molecule has 0 atom stereocenters. The lowest BCUT2D eigenvalue weighted by molar-refractivity contribution is 0.403. The summed E-state index contributed by atoms with van der Waals surface area (Å²) in [5.74, 6) is 1.23. The molecule has 26 heavy (non-hydrogen) atoms. The summed E-state index contributed by atoms with van der Waals surface area (Å²) < 4.78 is 26.1. The van der Waals surface area contributed by atoms with Crippen LogP contribution in [0.2, 0.25) is 0 Å². The van der Waals surface area contributed by atoms with E-state index in [2.05, 4.69) is 44.9 Å². The maximum atomic E-state index is 11.8. The van der Waals surface area contributed by atoms with Crippen molar-refractivity contribution in [2.45, 2.75) is 32.6 Å². The van der Waals surface area contributed by atoms with E-state index in [1.807, 2.05) is 13.0 Å². The summed E-state index contributed by atoms with van der Waals surface area (Å²) in [7, 11) is -3.29. The number of rotatable bonds is 7. The maximum absolute atomic E-state index is 11.8. The maximum Gasteiger partial charge on any atom is 0.233 e. The van der Waals surface area contributed by atoms with Gasteiger partial charge in [-0.15, -0.1) is 0 Å². The predicted molar refractivity (Wildman–Crippen MR) is 107 cm³/mol. The number of piperidine rings is 1. The van der Waals surface area contributed by atoms with E-state index in [1.54, 1.807) is 12.3 Å². The molecule has 140 valence electrons. The summed E-state index contributed by atoms with van der Waals surface area (Å²) in [6.07, 6.45) is 5.83. The van der Waals surface area contributed by atoms with Crippen molar-refractivity contribution in [2.24, 2.45) is 5.92 Å². The Balaban J connectivity index is 1.53. The van der Waals surface area contributed by atoms with Crippen molar-refractivity contribution in [1.82, 2.24) is 4.98 Å². The van der Waals surface area contributed by atoms with Crippen LogP contribution in [0.4, 0.5) is 11.5 Å². The highest BCUT2D eigenvalue weighted by atomic mass is 32.2. The zero-order chi connectivity index (χ0) is 18.4. The largest absolute Gasteiger partial charge is 0.370 e. The van der Waals surface area contributed by atoms with Gasteiger partial charge < -0.3 is 4.90 Å². The molecular formula is C20H27N3O2S. The van der Waals surface area contributed by atoms with Crippen molar-refractivity contribution in [2.75, 3.05) is 28.5 Å². The molecule has 2 heterocycles. The second-order valence-corrected chi connectivity index (χ2v) is 8.78. The highest BCUT2D eigenvalue weighted by molar-refractivity contribution is 7.92. The van der Waals surface area contributed by atoms with Gasteiger partial charge in [0, 0.05) is 13.1 Å². The van der Waals surface area contributed by atoms with Crippen LogP contribution >= 0.6 is 0 Å². The third-order valence-electron chi connectivity index (χ3n) is 4.83. The smallest absolute Gasteiger partial charge is 0.233 e. The molecule has 5 nitrogen and oxygen atoms in total. The summed E-state index contributed by atoms with van der Waals surface area (Å²) >= 11 is 0. The fraction of sp³-hybridized carbons (Fsp3) is 0.450. The predicted octanol–water partition coefficient (Wildman–Crippen LogP) is 3.69. The molecule has 1 aromatic heterocycles. The Kier molecular flexibility index (Phi) is 6.14. The fourth-order valence-electron chi connectivity index (χ4n) is 3.46. The molecular weight excluding hydrogens is 346 g/mol. The number of benzene rings is 1. The van der Waals surface area contributed by atoms with E-state index >= 15 is 0 Å². The molecule has 3 rings (SSSR count). The number of pyridine rings is 1. The monoisotopic (exact) mass is 373 g/mol. The summed E-state index contributed by atoms with van der Waals surface area (Å²) in [6, 6.07) is 14.4. The van der Waals surface area contributed by atoms with Gasteiger partial charge in [-0.2, -0.15) is 0 Å². The van der Waals surface area contributed by atoms with Crippen molar-refractivity contribution in [3.63, 3.8) is 0 Å². The molecule has 0 saturated carbocycles. The second kappa shape index (κ2) is 8.54. The van der Waals surface area contributed by atoms with Crippen LogP contribution in [0.3, 0.4) is 0 Å². The number of anilines is 2. The zero-order valence-corrected chi connectivity index (χ0v) is 16.1. The van der Waals surface area contributed by atoms with Gasteiger partial charge >= 0.3 is 0 Å². The molecule has 0 radical (unpaired) electrons. The average Bonchev–Trinajstić information content (AvgIpc) is 2.63. The first-order valence-corrected chi connectivity index (χ1v) is 11.0. The van der Waals surface area contributed by atoms with Gasteiger partial charge in [0.1, 0.15) is 5.82 Å². The molecule has 2 aromatic rings. The Morgan fingerprint density at radius 3 is 2.46 bits per heavy atom. The summed E-state index contributed by atoms with van der Waals surface area (Å²) in [5, 5.41) is 0. The van der Waals surface area contributed by atoms with Gasteiger partial charge in [0.05, 0.1) is 17.6 Å². The number of nitrogens with one attached hydrogen (secondary N) is 1. The normalized spacial score (nSPS) is 15.8. The highest BCUT2D eigenvalue weighted by Crippen LogP contribution is 2.26. The standard InChI is InChI=1S/C20H27N3O2S/c1-2-14-26(24,25)22-20-9-8-19(16-21-20)23-12-10-18(11-13-23)15-17-6-4-3-5-7-17/h3-9,16,18H,2,10-15H2,1H3,(H,21,22). The lowest BCUT2D eigenvalue weighted by atomic mass is 9.90. The van der Waals surface area contributed by atoms with Gasteiger partial charge in [-0.1, -0.05) is 37.3 Å². The molecule has 1 fully saturated rings. The van der Waals surface area contributed by atoms with Crippen LogP contribution in [0.1, 0.15) is 31.7 Å². The van der Waals surface area contributed by atoms with Crippen LogP contribution in [0.15, 0.2) is 48.7 Å². The van der Waals surface area contributed by atoms with Gasteiger partial charge in [0.25, 0.3) is 0 Å². The number of hydrogen-bond acceptors (Lipinski definition) is 4. The van der Waals surface area contributed by atoms with Gasteiger partial charge in [-0.25, -0.2) is 13.4 Å². The van der Waals surface area contributed by atoms with Crippen LogP contribution in [0, 0.1) is 5.92 Å². The first-order valence-electron chi connectivity index (χ1n) is 9.31. The average molecular weight is 374 g/mol. The minimum absolute atomic E-state index is 0.116. The Labute approximate surface area is 156 Å². The Morgan fingerprint density at radius 1 is 1.12 bits per heavy atom. The van der Waals surface area contributed by atoms with Gasteiger partial charge in [-0.3, -0.25) is 4.72 Å². The third-order valence-corrected chi connectivity index (χ3v) is 6.29. The molecule has 1 aliphatic heterocycles. The molecule has 6 heteroatoms. The van der Waals surface area contributed by atoms with Gasteiger partial charge in [0.15, 0.2) is 0 Å². The fourth-order valence-corrected chi connectivity index (χ4v) is 4.53. The molecule has 1 saturated heterocycles. The van der Waals surface area contributed by atoms with Crippen LogP contribution in [0.25, 0.3) is 0 Å². The zero-order valence-electron chi connectivity index (χ0n) is 15.3. The minimum Gasteiger partial charge on any atom is -0.370 e. The lowest BCUT2D eigenvalue weighted by Crippen LogP contribution is -2.34. The lowest BCUT2D eigenvalue weighted by Gasteiger charge is -2.33. The van der Waals surface area contributed by atoms with Crippen LogP contribution < -0.4 is 9.62 Å². The molecule has 0 amide bonds. The molecule has 0 aliphatic carbocycles. The number of sulfonamides is 1. The van der Waals surface area contributed by atoms with Crippen molar-refractivity contribution in [1.29, 1.82) is 0 Å². The molecule has 1 aliphatic rings. The first-order chi connectivity index (χ1) is 12.6. The van der Waals surface area contributed by atoms with Crippen molar-refractivity contribution in [3.05, 3.63) is 54.2 Å². The summed E-state index contributed by atoms with van der Waals surface area (Å²) in [5.41, 5.74) is 2.47. The van der Waals surface area contributed by atoms with Gasteiger partial charge in [-0.05, 0) is 49.3 Å². The molecule has 1 N–H and O–H groups in total. The molecule has 0 spiro atoms. The summed E-state index contributed by atoms with van der Waals surface area (Å²) in [4.78, 5) is 6.61. The molecule has 1 aromatic carbocycles. The Morgan fingerprint density at radius 2 is 1.85 bits per heavy atom. The molecule has 0 bridgehead atoms. The first kappa shape index (κ1) is 18.7. The second-order valence-electron chi connectivity index (χ2n) is 6.94. The minimum atomic E-state index is -3.29. The van der Waals surface area contributed by atoms with Crippen molar-refractivity contribution >= 4 is 21.5 Å². The van der Waals surface area contributed by atoms with Crippen LogP contribution in [-0.2, 0) is 16.4 Å². The third kappa shape index (κ3) is 5.21.